The number of amides is 1. The second-order valence-corrected chi connectivity index (χ2v) is 8.11. The Morgan fingerprint density at radius 2 is 1.87 bits per heavy atom. The van der Waals surface area contributed by atoms with E-state index in [9.17, 15) is 4.79 Å². The van der Waals surface area contributed by atoms with Crippen LogP contribution in [-0.4, -0.2) is 52.4 Å². The maximum atomic E-state index is 13.0. The predicted molar refractivity (Wildman–Crippen MR) is 119 cm³/mol. The number of likely N-dealkylation sites (N-methyl/N-ethyl adjacent to an activating group) is 1. The highest BCUT2D eigenvalue weighted by atomic mass is 16.2. The fraction of sp³-hybridized carbons (Fsp3) is 0.320. The highest BCUT2D eigenvalue weighted by molar-refractivity contribution is 5.79. The molecule has 0 saturated carbocycles. The Kier molecular flexibility index (Phi) is 6.19. The molecule has 3 heterocycles. The normalized spacial score (nSPS) is 17.7. The molecule has 1 aliphatic heterocycles. The lowest BCUT2D eigenvalue weighted by Gasteiger charge is -2.23. The van der Waals surface area contributed by atoms with Crippen LogP contribution in [0.5, 0.6) is 0 Å². The van der Waals surface area contributed by atoms with Gasteiger partial charge in [-0.15, -0.1) is 0 Å². The Balaban J connectivity index is 1.52. The van der Waals surface area contributed by atoms with Gasteiger partial charge in [0.05, 0.1) is 11.6 Å². The molecule has 154 valence electrons. The molecule has 0 bridgehead atoms. The Labute approximate surface area is 178 Å². The molecule has 1 amide bonds. The summed E-state index contributed by atoms with van der Waals surface area (Å²) in [6.45, 7) is 5.15. The fourth-order valence-corrected chi connectivity index (χ4v) is 4.10. The van der Waals surface area contributed by atoms with Crippen LogP contribution in [0.15, 0.2) is 67.0 Å². The number of aryl methyl sites for hydroxylation is 1. The Morgan fingerprint density at radius 3 is 2.67 bits per heavy atom. The van der Waals surface area contributed by atoms with Crippen LogP contribution in [0.4, 0.5) is 0 Å². The number of pyridine rings is 2. The molecule has 1 unspecified atom stereocenters. The molecule has 1 atom stereocenters. The highest BCUT2D eigenvalue weighted by Gasteiger charge is 2.28. The summed E-state index contributed by atoms with van der Waals surface area (Å²) in [5.74, 6) is 0.160. The van der Waals surface area contributed by atoms with E-state index in [0.29, 0.717) is 0 Å². The summed E-state index contributed by atoms with van der Waals surface area (Å²) < 4.78 is 0. The van der Waals surface area contributed by atoms with Gasteiger partial charge in [-0.2, -0.15) is 0 Å². The van der Waals surface area contributed by atoms with E-state index in [1.54, 1.807) is 6.20 Å². The van der Waals surface area contributed by atoms with Gasteiger partial charge in [-0.3, -0.25) is 19.7 Å². The Bertz CT molecular complexity index is 1000. The zero-order valence-electron chi connectivity index (χ0n) is 17.7. The van der Waals surface area contributed by atoms with E-state index in [1.807, 2.05) is 43.3 Å². The molecular formula is C25H28N4O. The van der Waals surface area contributed by atoms with E-state index in [4.69, 9.17) is 0 Å². The van der Waals surface area contributed by atoms with E-state index in [0.717, 1.165) is 55.1 Å². The maximum absolute atomic E-state index is 13.0. The third-order valence-corrected chi connectivity index (χ3v) is 5.69. The van der Waals surface area contributed by atoms with Crippen molar-refractivity contribution in [1.82, 2.24) is 19.8 Å². The first kappa shape index (κ1) is 20.2. The number of rotatable bonds is 5. The average molecular weight is 401 g/mol. The van der Waals surface area contributed by atoms with E-state index in [2.05, 4.69) is 51.3 Å². The van der Waals surface area contributed by atoms with Gasteiger partial charge in [0.15, 0.2) is 0 Å². The van der Waals surface area contributed by atoms with Gasteiger partial charge >= 0.3 is 0 Å². The largest absolute Gasteiger partial charge is 0.344 e. The minimum atomic E-state index is -0.0635. The molecule has 30 heavy (non-hydrogen) atoms. The number of benzene rings is 1. The summed E-state index contributed by atoms with van der Waals surface area (Å²) in [6, 6.07) is 18.6. The van der Waals surface area contributed by atoms with Crippen molar-refractivity contribution in [3.63, 3.8) is 0 Å². The van der Waals surface area contributed by atoms with Gasteiger partial charge in [-0.1, -0.05) is 36.4 Å². The summed E-state index contributed by atoms with van der Waals surface area (Å²) in [5, 5.41) is 0. The van der Waals surface area contributed by atoms with Crippen molar-refractivity contribution in [1.29, 1.82) is 0 Å². The average Bonchev–Trinajstić information content (AvgIpc) is 2.89. The van der Waals surface area contributed by atoms with Crippen molar-refractivity contribution in [2.45, 2.75) is 19.9 Å². The minimum absolute atomic E-state index is 0.0635. The molecule has 0 N–H and O–H groups in total. The molecule has 1 fully saturated rings. The van der Waals surface area contributed by atoms with Gasteiger partial charge < -0.3 is 4.90 Å². The molecule has 0 spiro atoms. The van der Waals surface area contributed by atoms with Crippen LogP contribution < -0.4 is 0 Å². The number of hydrogen-bond acceptors (Lipinski definition) is 4. The van der Waals surface area contributed by atoms with Crippen molar-refractivity contribution in [2.24, 2.45) is 5.92 Å². The lowest BCUT2D eigenvalue weighted by atomic mass is 9.95. The van der Waals surface area contributed by atoms with E-state index >= 15 is 0 Å². The first-order valence-electron chi connectivity index (χ1n) is 10.5. The van der Waals surface area contributed by atoms with Gasteiger partial charge in [0.2, 0.25) is 5.91 Å². The van der Waals surface area contributed by atoms with E-state index in [-0.39, 0.29) is 11.8 Å². The minimum Gasteiger partial charge on any atom is -0.344 e. The van der Waals surface area contributed by atoms with Crippen molar-refractivity contribution >= 4 is 5.91 Å². The topological polar surface area (TPSA) is 49.3 Å². The maximum Gasteiger partial charge on any atom is 0.227 e. The Hall–Kier alpha value is -3.05. The summed E-state index contributed by atoms with van der Waals surface area (Å²) in [7, 11) is 1.91. The number of aromatic nitrogens is 2. The second-order valence-electron chi connectivity index (χ2n) is 8.11. The van der Waals surface area contributed by atoms with E-state index in [1.165, 1.54) is 5.56 Å². The smallest absolute Gasteiger partial charge is 0.227 e. The SMILES string of the molecule is Cc1cccc(CN2CCN(C)C(=O)C(Cc3cccc(-c4cccnc4)c3)C2)n1. The fourth-order valence-electron chi connectivity index (χ4n) is 4.10. The summed E-state index contributed by atoms with van der Waals surface area (Å²) in [4.78, 5) is 26.1. The van der Waals surface area contributed by atoms with Gasteiger partial charge in [0, 0.05) is 51.3 Å². The van der Waals surface area contributed by atoms with Crippen LogP contribution in [0.25, 0.3) is 11.1 Å². The van der Waals surface area contributed by atoms with Crippen LogP contribution in [-0.2, 0) is 17.8 Å². The molecule has 1 saturated heterocycles. The molecular weight excluding hydrogens is 372 g/mol. The number of nitrogens with zero attached hydrogens (tertiary/aromatic N) is 4. The first-order chi connectivity index (χ1) is 14.6. The summed E-state index contributed by atoms with van der Waals surface area (Å²) in [5.41, 5.74) is 5.49. The highest BCUT2D eigenvalue weighted by Crippen LogP contribution is 2.23. The molecule has 2 aromatic heterocycles. The number of hydrogen-bond donors (Lipinski definition) is 0. The van der Waals surface area contributed by atoms with Crippen LogP contribution in [0, 0.1) is 12.8 Å². The molecule has 1 aromatic carbocycles. The molecule has 0 aliphatic carbocycles. The van der Waals surface area contributed by atoms with Gasteiger partial charge in [-0.05, 0) is 48.2 Å². The zero-order valence-corrected chi connectivity index (χ0v) is 17.7. The van der Waals surface area contributed by atoms with Crippen LogP contribution in [0.1, 0.15) is 17.0 Å². The molecule has 4 rings (SSSR count). The molecule has 5 nitrogen and oxygen atoms in total. The monoisotopic (exact) mass is 400 g/mol. The number of carbonyl (C=O) groups excluding carboxylic acids is 1. The van der Waals surface area contributed by atoms with Gasteiger partial charge in [0.25, 0.3) is 0 Å². The van der Waals surface area contributed by atoms with Crippen LogP contribution in [0.2, 0.25) is 0 Å². The molecule has 1 aliphatic rings. The van der Waals surface area contributed by atoms with Crippen molar-refractivity contribution in [2.75, 3.05) is 26.7 Å². The third kappa shape index (κ3) is 4.92. The third-order valence-electron chi connectivity index (χ3n) is 5.69. The standard InChI is InChI=1S/C25H28N4O/c1-19-6-3-10-24(27-19)18-29-13-12-28(2)25(30)23(17-29)15-20-7-4-8-21(14-20)22-9-5-11-26-16-22/h3-11,14,16,23H,12-13,15,17-18H2,1-2H3. The second kappa shape index (κ2) is 9.18. The van der Waals surface area contributed by atoms with Crippen molar-refractivity contribution < 1.29 is 4.79 Å². The van der Waals surface area contributed by atoms with E-state index < -0.39 is 0 Å². The predicted octanol–water partition coefficient (Wildman–Crippen LogP) is 3.58. The lowest BCUT2D eigenvalue weighted by molar-refractivity contribution is -0.133. The van der Waals surface area contributed by atoms with Crippen LogP contribution in [0.3, 0.4) is 0 Å². The molecule has 0 radical (unpaired) electrons. The van der Waals surface area contributed by atoms with Crippen molar-refractivity contribution in [3.05, 3.63) is 83.9 Å². The summed E-state index contributed by atoms with van der Waals surface area (Å²) >= 11 is 0. The van der Waals surface area contributed by atoms with Gasteiger partial charge in [0.1, 0.15) is 0 Å². The van der Waals surface area contributed by atoms with Gasteiger partial charge in [-0.25, -0.2) is 0 Å². The van der Waals surface area contributed by atoms with Crippen molar-refractivity contribution in [3.8, 4) is 11.1 Å². The quantitative estimate of drug-likeness (QED) is 0.657. The number of carbonyl (C=O) groups is 1. The Morgan fingerprint density at radius 1 is 1.03 bits per heavy atom. The van der Waals surface area contributed by atoms with Crippen LogP contribution >= 0.6 is 0 Å². The zero-order chi connectivity index (χ0) is 20.9. The first-order valence-corrected chi connectivity index (χ1v) is 10.5. The molecule has 3 aromatic rings. The molecule has 5 heteroatoms. The lowest BCUT2D eigenvalue weighted by Crippen LogP contribution is -2.34. The summed E-state index contributed by atoms with van der Waals surface area (Å²) in [6.07, 6.45) is 4.39.